The topological polar surface area (TPSA) is 58.6 Å². The number of aliphatic hydroxyl groups is 1. The van der Waals surface area contributed by atoms with Crippen molar-refractivity contribution < 1.29 is 23.4 Å². The van der Waals surface area contributed by atoms with Crippen molar-refractivity contribution in [1.82, 2.24) is 5.32 Å². The standard InChI is InChI=1S/C17H23F2NO3/c18-17(19)23-14-8-6-13(7-9-14)16(22)20-15(10-11-21)12-4-2-1-3-5-12/h6-9,12,15,17,21H,1-5,10-11H2,(H,20,22)/t15-/m0/s1. The molecule has 0 saturated heterocycles. The molecule has 0 heterocycles. The van der Waals surface area contributed by atoms with Gasteiger partial charge in [-0.25, -0.2) is 0 Å². The first kappa shape index (κ1) is 17.7. The molecule has 4 nitrogen and oxygen atoms in total. The number of alkyl halides is 2. The largest absolute Gasteiger partial charge is 0.435 e. The van der Waals surface area contributed by atoms with E-state index in [4.69, 9.17) is 0 Å². The molecule has 1 atom stereocenters. The average Bonchev–Trinajstić information content (AvgIpc) is 2.55. The van der Waals surface area contributed by atoms with E-state index in [2.05, 4.69) is 10.1 Å². The summed E-state index contributed by atoms with van der Waals surface area (Å²) < 4.78 is 28.5. The number of ether oxygens (including phenoxy) is 1. The van der Waals surface area contributed by atoms with Crippen LogP contribution in [0.2, 0.25) is 0 Å². The molecule has 0 unspecified atom stereocenters. The molecule has 1 aromatic rings. The minimum absolute atomic E-state index is 0.0238. The van der Waals surface area contributed by atoms with Crippen LogP contribution in [0.1, 0.15) is 48.9 Å². The number of halogens is 2. The summed E-state index contributed by atoms with van der Waals surface area (Å²) in [5.74, 6) is 0.162. The van der Waals surface area contributed by atoms with Crippen molar-refractivity contribution >= 4 is 5.91 Å². The van der Waals surface area contributed by atoms with E-state index in [1.165, 1.54) is 30.7 Å². The summed E-state index contributed by atoms with van der Waals surface area (Å²) in [6.45, 7) is -2.85. The van der Waals surface area contributed by atoms with E-state index in [-0.39, 0.29) is 24.3 Å². The molecule has 6 heteroatoms. The van der Waals surface area contributed by atoms with Crippen LogP contribution in [-0.4, -0.2) is 30.3 Å². The first-order chi connectivity index (χ1) is 11.1. The zero-order chi connectivity index (χ0) is 16.7. The van der Waals surface area contributed by atoms with Crippen LogP contribution in [0.25, 0.3) is 0 Å². The molecule has 0 aliphatic heterocycles. The Morgan fingerprint density at radius 2 is 1.87 bits per heavy atom. The van der Waals surface area contributed by atoms with Crippen molar-refractivity contribution in [2.75, 3.05) is 6.61 Å². The number of rotatable bonds is 7. The third-order valence-corrected chi connectivity index (χ3v) is 4.32. The zero-order valence-corrected chi connectivity index (χ0v) is 13.0. The van der Waals surface area contributed by atoms with Crippen LogP contribution in [0.3, 0.4) is 0 Å². The van der Waals surface area contributed by atoms with E-state index in [1.54, 1.807) is 0 Å². The van der Waals surface area contributed by atoms with Crippen LogP contribution >= 0.6 is 0 Å². The summed E-state index contributed by atoms with van der Waals surface area (Å²) in [5.41, 5.74) is 0.394. The number of carbonyl (C=O) groups excluding carboxylic acids is 1. The van der Waals surface area contributed by atoms with Gasteiger partial charge in [0.1, 0.15) is 5.75 Å². The van der Waals surface area contributed by atoms with Crippen molar-refractivity contribution in [2.24, 2.45) is 5.92 Å². The van der Waals surface area contributed by atoms with Gasteiger partial charge < -0.3 is 15.2 Å². The molecule has 0 radical (unpaired) electrons. The molecule has 23 heavy (non-hydrogen) atoms. The van der Waals surface area contributed by atoms with Crippen LogP contribution < -0.4 is 10.1 Å². The van der Waals surface area contributed by atoms with E-state index < -0.39 is 6.61 Å². The maximum atomic E-state index is 12.3. The highest BCUT2D eigenvalue weighted by Gasteiger charge is 2.25. The minimum atomic E-state index is -2.88. The Morgan fingerprint density at radius 3 is 2.43 bits per heavy atom. The lowest BCUT2D eigenvalue weighted by atomic mass is 9.82. The Labute approximate surface area is 134 Å². The van der Waals surface area contributed by atoms with Gasteiger partial charge in [-0.3, -0.25) is 4.79 Å². The quantitative estimate of drug-likeness (QED) is 0.807. The number of carbonyl (C=O) groups is 1. The molecule has 0 bridgehead atoms. The highest BCUT2D eigenvalue weighted by atomic mass is 19.3. The van der Waals surface area contributed by atoms with E-state index >= 15 is 0 Å². The van der Waals surface area contributed by atoms with E-state index in [1.807, 2.05) is 0 Å². The van der Waals surface area contributed by atoms with Crippen molar-refractivity contribution in [3.63, 3.8) is 0 Å². The molecule has 1 fully saturated rings. The van der Waals surface area contributed by atoms with Crippen molar-refractivity contribution in [2.45, 2.75) is 51.2 Å². The SMILES string of the molecule is O=C(N[C@@H](CCO)C1CCCCC1)c1ccc(OC(F)F)cc1. The van der Waals surface area contributed by atoms with Crippen LogP contribution in [-0.2, 0) is 0 Å². The fraction of sp³-hybridized carbons (Fsp3) is 0.588. The number of hydrogen-bond acceptors (Lipinski definition) is 3. The molecule has 128 valence electrons. The van der Waals surface area contributed by atoms with Crippen molar-refractivity contribution in [3.05, 3.63) is 29.8 Å². The summed E-state index contributed by atoms with van der Waals surface area (Å²) in [5, 5.41) is 12.2. The summed E-state index contributed by atoms with van der Waals surface area (Å²) in [7, 11) is 0. The lowest BCUT2D eigenvalue weighted by molar-refractivity contribution is -0.0498. The molecule has 2 rings (SSSR count). The van der Waals surface area contributed by atoms with Gasteiger partial charge in [-0.05, 0) is 49.4 Å². The predicted octanol–water partition coefficient (Wildman–Crippen LogP) is 3.35. The lowest BCUT2D eigenvalue weighted by Crippen LogP contribution is -2.41. The number of aliphatic hydroxyl groups excluding tert-OH is 1. The second-order valence-electron chi connectivity index (χ2n) is 5.89. The minimum Gasteiger partial charge on any atom is -0.435 e. The Kier molecular flexibility index (Phi) is 6.77. The Morgan fingerprint density at radius 1 is 1.22 bits per heavy atom. The normalized spacial score (nSPS) is 17.0. The number of benzene rings is 1. The van der Waals surface area contributed by atoms with Gasteiger partial charge >= 0.3 is 6.61 Å². The summed E-state index contributed by atoms with van der Waals surface area (Å²) in [6.07, 6.45) is 6.19. The maximum absolute atomic E-state index is 12.3. The lowest BCUT2D eigenvalue weighted by Gasteiger charge is -2.30. The van der Waals surface area contributed by atoms with Crippen molar-refractivity contribution in [1.29, 1.82) is 0 Å². The van der Waals surface area contributed by atoms with Crippen LogP contribution in [0.5, 0.6) is 5.75 Å². The highest BCUT2D eigenvalue weighted by Crippen LogP contribution is 2.28. The van der Waals surface area contributed by atoms with E-state index in [9.17, 15) is 18.7 Å². The van der Waals surface area contributed by atoms with Gasteiger partial charge in [0.15, 0.2) is 0 Å². The van der Waals surface area contributed by atoms with Gasteiger partial charge in [-0.1, -0.05) is 19.3 Å². The van der Waals surface area contributed by atoms with Crippen molar-refractivity contribution in [3.8, 4) is 5.75 Å². The monoisotopic (exact) mass is 327 g/mol. The Hall–Kier alpha value is -1.69. The fourth-order valence-corrected chi connectivity index (χ4v) is 3.14. The molecule has 0 spiro atoms. The summed E-state index contributed by atoms with van der Waals surface area (Å²) in [4.78, 5) is 12.3. The molecule has 0 aromatic heterocycles. The Bertz CT molecular complexity index is 487. The molecule has 1 aliphatic rings. The second-order valence-corrected chi connectivity index (χ2v) is 5.89. The van der Waals surface area contributed by atoms with Gasteiger partial charge in [0.2, 0.25) is 0 Å². The molecule has 1 saturated carbocycles. The maximum Gasteiger partial charge on any atom is 0.387 e. The predicted molar refractivity (Wildman–Crippen MR) is 82.6 cm³/mol. The zero-order valence-electron chi connectivity index (χ0n) is 13.0. The van der Waals surface area contributed by atoms with Gasteiger partial charge in [-0.2, -0.15) is 8.78 Å². The fourth-order valence-electron chi connectivity index (χ4n) is 3.14. The van der Waals surface area contributed by atoms with Crippen LogP contribution in [0.4, 0.5) is 8.78 Å². The Balaban J connectivity index is 1.97. The smallest absolute Gasteiger partial charge is 0.387 e. The third-order valence-electron chi connectivity index (χ3n) is 4.32. The molecule has 2 N–H and O–H groups in total. The van der Waals surface area contributed by atoms with Gasteiger partial charge in [0.05, 0.1) is 0 Å². The van der Waals surface area contributed by atoms with Gasteiger partial charge in [-0.15, -0.1) is 0 Å². The van der Waals surface area contributed by atoms with Gasteiger partial charge in [0.25, 0.3) is 5.91 Å². The van der Waals surface area contributed by atoms with E-state index in [0.29, 0.717) is 17.9 Å². The first-order valence-electron chi connectivity index (χ1n) is 8.06. The van der Waals surface area contributed by atoms with E-state index in [0.717, 1.165) is 25.7 Å². The molecular formula is C17H23F2NO3. The summed E-state index contributed by atoms with van der Waals surface area (Å²) >= 11 is 0. The number of nitrogens with one attached hydrogen (secondary N) is 1. The number of hydrogen-bond donors (Lipinski definition) is 2. The molecular weight excluding hydrogens is 304 g/mol. The average molecular weight is 327 g/mol. The molecule has 1 aliphatic carbocycles. The highest BCUT2D eigenvalue weighted by molar-refractivity contribution is 5.94. The third kappa shape index (κ3) is 5.46. The van der Waals surface area contributed by atoms with Crippen LogP contribution in [0.15, 0.2) is 24.3 Å². The molecule has 1 amide bonds. The van der Waals surface area contributed by atoms with Crippen LogP contribution in [0, 0.1) is 5.92 Å². The first-order valence-corrected chi connectivity index (χ1v) is 8.06. The number of amides is 1. The van der Waals surface area contributed by atoms with Gasteiger partial charge in [0, 0.05) is 18.2 Å². The molecule has 1 aromatic carbocycles. The summed E-state index contributed by atoms with van der Waals surface area (Å²) in [6, 6.07) is 5.57. The second kappa shape index (κ2) is 8.82.